The van der Waals surface area contributed by atoms with Crippen LogP contribution in [0.4, 0.5) is 0 Å². The molecule has 0 rings (SSSR count). The first-order valence-corrected chi connectivity index (χ1v) is 8.03. The van der Waals surface area contributed by atoms with Gasteiger partial charge in [0, 0.05) is 4.83 Å². The second-order valence-corrected chi connectivity index (χ2v) is 7.52. The van der Waals surface area contributed by atoms with E-state index in [2.05, 4.69) is 43.6 Å². The third kappa shape index (κ3) is 11.0. The van der Waals surface area contributed by atoms with Gasteiger partial charge in [0.2, 0.25) is 0 Å². The molecule has 0 fully saturated rings. The first-order chi connectivity index (χ1) is 7.48. The molecule has 0 amide bonds. The molecule has 0 spiro atoms. The van der Waals surface area contributed by atoms with Crippen LogP contribution in [0.15, 0.2) is 0 Å². The molecule has 0 N–H and O–H groups in total. The van der Waals surface area contributed by atoms with E-state index >= 15 is 0 Å². The van der Waals surface area contributed by atoms with Crippen LogP contribution < -0.4 is 0 Å². The zero-order valence-corrected chi connectivity index (χ0v) is 13.4. The molecule has 1 atom stereocenters. The van der Waals surface area contributed by atoms with E-state index in [1.165, 1.54) is 57.8 Å². The van der Waals surface area contributed by atoms with Gasteiger partial charge in [-0.1, -0.05) is 88.6 Å². The quantitative estimate of drug-likeness (QED) is 0.326. The van der Waals surface area contributed by atoms with Crippen LogP contribution in [0.5, 0.6) is 0 Å². The Morgan fingerprint density at radius 3 is 1.94 bits per heavy atom. The first-order valence-electron chi connectivity index (χ1n) is 7.12. The lowest BCUT2D eigenvalue weighted by Gasteiger charge is -2.22. The fourth-order valence-electron chi connectivity index (χ4n) is 1.91. The molecule has 0 nitrogen and oxygen atoms in total. The summed E-state index contributed by atoms with van der Waals surface area (Å²) >= 11 is 3.60. The minimum Gasteiger partial charge on any atom is -0.0894 e. The predicted molar refractivity (Wildman–Crippen MR) is 79.4 cm³/mol. The van der Waals surface area contributed by atoms with Crippen LogP contribution in [0.25, 0.3) is 0 Å². The van der Waals surface area contributed by atoms with Crippen molar-refractivity contribution in [2.75, 3.05) is 0 Å². The fourth-order valence-corrected chi connectivity index (χ4v) is 2.24. The van der Waals surface area contributed by atoms with Gasteiger partial charge in [0.1, 0.15) is 0 Å². The number of hydrogen-bond donors (Lipinski definition) is 0. The highest BCUT2D eigenvalue weighted by Gasteiger charge is 2.13. The van der Waals surface area contributed by atoms with Crippen molar-refractivity contribution in [3.8, 4) is 0 Å². The highest BCUT2D eigenvalue weighted by molar-refractivity contribution is 9.09. The normalized spacial score (nSPS) is 14.1. The van der Waals surface area contributed by atoms with Gasteiger partial charge in [-0.05, 0) is 18.3 Å². The summed E-state index contributed by atoms with van der Waals surface area (Å²) in [7, 11) is 0. The van der Waals surface area contributed by atoms with Gasteiger partial charge in [0.05, 0.1) is 0 Å². The van der Waals surface area contributed by atoms with Crippen LogP contribution >= 0.6 is 15.9 Å². The zero-order valence-electron chi connectivity index (χ0n) is 11.8. The number of hydrogen-bond acceptors (Lipinski definition) is 0. The van der Waals surface area contributed by atoms with Gasteiger partial charge < -0.3 is 0 Å². The average molecular weight is 291 g/mol. The van der Waals surface area contributed by atoms with E-state index in [0.29, 0.717) is 10.2 Å². The van der Waals surface area contributed by atoms with Crippen LogP contribution in [0.3, 0.4) is 0 Å². The van der Waals surface area contributed by atoms with E-state index in [1.54, 1.807) is 0 Å². The minimum atomic E-state index is 0.575. The Morgan fingerprint density at radius 2 is 1.44 bits per heavy atom. The average Bonchev–Trinajstić information content (AvgIpc) is 2.21. The Labute approximate surface area is 112 Å². The van der Waals surface area contributed by atoms with Crippen molar-refractivity contribution in [1.29, 1.82) is 0 Å². The van der Waals surface area contributed by atoms with E-state index in [1.807, 2.05) is 0 Å². The Bertz CT molecular complexity index is 150. The largest absolute Gasteiger partial charge is 0.0894 e. The van der Waals surface area contributed by atoms with Crippen molar-refractivity contribution in [2.45, 2.75) is 90.3 Å². The summed E-state index contributed by atoms with van der Waals surface area (Å²) in [5.74, 6) is 0. The van der Waals surface area contributed by atoms with Crippen molar-refractivity contribution >= 4 is 15.9 Å². The van der Waals surface area contributed by atoms with Gasteiger partial charge in [0.25, 0.3) is 0 Å². The number of rotatable bonds is 10. The Balaban J connectivity index is 3.16. The van der Waals surface area contributed by atoms with Crippen molar-refractivity contribution < 1.29 is 0 Å². The van der Waals surface area contributed by atoms with Crippen LogP contribution in [0.1, 0.15) is 85.5 Å². The maximum atomic E-state index is 3.60. The Hall–Kier alpha value is 0.480. The number of alkyl halides is 1. The molecule has 0 aromatic heterocycles. The smallest absolute Gasteiger partial charge is 0.0117 e. The lowest BCUT2D eigenvalue weighted by molar-refractivity contribution is 0.307. The molecule has 0 radical (unpaired) electrons. The number of halogens is 1. The van der Waals surface area contributed by atoms with E-state index in [-0.39, 0.29) is 0 Å². The second-order valence-electron chi connectivity index (χ2n) is 5.96. The lowest BCUT2D eigenvalue weighted by Crippen LogP contribution is -2.08. The summed E-state index contributed by atoms with van der Waals surface area (Å²) in [4.78, 5) is 0.706. The highest BCUT2D eigenvalue weighted by Crippen LogP contribution is 2.27. The molecule has 1 heteroatoms. The van der Waals surface area contributed by atoms with Gasteiger partial charge in [-0.2, -0.15) is 0 Å². The second kappa shape index (κ2) is 9.50. The maximum Gasteiger partial charge on any atom is 0.0117 e. The lowest BCUT2D eigenvalue weighted by atomic mass is 9.84. The molecule has 1 unspecified atom stereocenters. The van der Waals surface area contributed by atoms with Crippen molar-refractivity contribution in [2.24, 2.45) is 5.41 Å². The minimum absolute atomic E-state index is 0.575. The number of unbranched alkanes of at least 4 members (excludes halogenated alkanes) is 5. The molecule has 0 saturated carbocycles. The molecular weight excluding hydrogens is 260 g/mol. The topological polar surface area (TPSA) is 0 Å². The highest BCUT2D eigenvalue weighted by atomic mass is 79.9. The summed E-state index contributed by atoms with van der Waals surface area (Å²) in [6, 6.07) is 0. The van der Waals surface area contributed by atoms with Crippen molar-refractivity contribution in [1.82, 2.24) is 0 Å². The van der Waals surface area contributed by atoms with Crippen LogP contribution in [0, 0.1) is 5.41 Å². The molecule has 16 heavy (non-hydrogen) atoms. The Kier molecular flexibility index (Phi) is 9.79. The van der Waals surface area contributed by atoms with E-state index in [9.17, 15) is 0 Å². The summed E-state index contributed by atoms with van der Waals surface area (Å²) in [6.45, 7) is 9.34. The van der Waals surface area contributed by atoms with Crippen molar-refractivity contribution in [3.63, 3.8) is 0 Å². The van der Waals surface area contributed by atoms with Crippen LogP contribution in [-0.2, 0) is 0 Å². The van der Waals surface area contributed by atoms with Gasteiger partial charge in [0.15, 0.2) is 0 Å². The third-order valence-corrected chi connectivity index (χ3v) is 4.12. The summed E-state index contributed by atoms with van der Waals surface area (Å²) in [5.41, 5.74) is 0.575. The van der Waals surface area contributed by atoms with E-state index in [4.69, 9.17) is 0 Å². The molecule has 0 aliphatic rings. The zero-order chi connectivity index (χ0) is 12.4. The van der Waals surface area contributed by atoms with Crippen molar-refractivity contribution in [3.05, 3.63) is 0 Å². The molecule has 0 bridgehead atoms. The molecule has 0 aliphatic carbocycles. The summed E-state index contributed by atoms with van der Waals surface area (Å²) < 4.78 is 0. The maximum absolute atomic E-state index is 3.60. The van der Waals surface area contributed by atoms with Crippen LogP contribution in [0.2, 0.25) is 0 Å². The van der Waals surface area contributed by atoms with Gasteiger partial charge in [-0.15, -0.1) is 0 Å². The van der Waals surface area contributed by atoms with Gasteiger partial charge in [-0.25, -0.2) is 0 Å². The van der Waals surface area contributed by atoms with Gasteiger partial charge in [-0.3, -0.25) is 0 Å². The van der Waals surface area contributed by atoms with Gasteiger partial charge >= 0.3 is 0 Å². The Morgan fingerprint density at radius 1 is 0.938 bits per heavy atom. The summed E-state index contributed by atoms with van der Waals surface area (Å²) in [5, 5.41) is 0. The molecule has 98 valence electrons. The SMILES string of the molecule is CCC(C)(C)CCCCCCCCC(C)Br. The van der Waals surface area contributed by atoms with Crippen LogP contribution in [-0.4, -0.2) is 4.83 Å². The summed E-state index contributed by atoms with van der Waals surface area (Å²) in [6.07, 6.45) is 12.6. The first kappa shape index (κ1) is 16.5. The molecule has 0 heterocycles. The van der Waals surface area contributed by atoms with E-state index < -0.39 is 0 Å². The molecule has 0 aliphatic heterocycles. The monoisotopic (exact) mass is 290 g/mol. The molecule has 0 saturated heterocycles. The van der Waals surface area contributed by atoms with E-state index in [0.717, 1.165) is 0 Å². The third-order valence-electron chi connectivity index (χ3n) is 3.66. The standard InChI is InChI=1S/C15H31Br/c1-5-15(3,4)13-11-9-7-6-8-10-12-14(2)16/h14H,5-13H2,1-4H3. The molecule has 0 aromatic carbocycles. The molecular formula is C15H31Br. The predicted octanol–water partition coefficient (Wildman–Crippen LogP) is 6.33. The molecule has 0 aromatic rings. The fraction of sp³-hybridized carbons (Fsp3) is 1.00.